The van der Waals surface area contributed by atoms with Gasteiger partial charge in [-0.3, -0.25) is 4.79 Å². The van der Waals surface area contributed by atoms with Crippen molar-refractivity contribution in [1.29, 1.82) is 0 Å². The number of carbonyl (C=O) groups excluding carboxylic acids is 1. The number of ether oxygens (including phenoxy) is 1. The van der Waals surface area contributed by atoms with Crippen LogP contribution in [0.15, 0.2) is 12.2 Å². The second-order valence-corrected chi connectivity index (χ2v) is 5.60. The lowest BCUT2D eigenvalue weighted by Crippen LogP contribution is -2.47. The van der Waals surface area contributed by atoms with E-state index in [0.717, 1.165) is 31.3 Å². The molecule has 2 atom stereocenters. The molecule has 6 nitrogen and oxygen atoms in total. The molecule has 6 heteroatoms. The van der Waals surface area contributed by atoms with Gasteiger partial charge in [-0.05, 0) is 19.8 Å². The molecule has 21 heavy (non-hydrogen) atoms. The van der Waals surface area contributed by atoms with Crippen molar-refractivity contribution in [2.45, 2.75) is 45.1 Å². The van der Waals surface area contributed by atoms with Crippen LogP contribution in [0.2, 0.25) is 0 Å². The third-order valence-corrected chi connectivity index (χ3v) is 3.53. The molecule has 1 fully saturated rings. The first kappa shape index (κ1) is 17.5. The van der Waals surface area contributed by atoms with Crippen LogP contribution in [0.3, 0.4) is 0 Å². The van der Waals surface area contributed by atoms with Gasteiger partial charge in [0.1, 0.15) is 0 Å². The molecule has 1 saturated carbocycles. The zero-order valence-corrected chi connectivity index (χ0v) is 12.7. The van der Waals surface area contributed by atoms with Gasteiger partial charge < -0.3 is 20.5 Å². The molecule has 0 bridgehead atoms. The van der Waals surface area contributed by atoms with Crippen LogP contribution in [0.1, 0.15) is 39.0 Å². The number of hydrogen-bond donors (Lipinski definition) is 3. The van der Waals surface area contributed by atoms with E-state index in [0.29, 0.717) is 26.2 Å². The summed E-state index contributed by atoms with van der Waals surface area (Å²) < 4.78 is 5.28. The second kappa shape index (κ2) is 9.39. The Bertz CT molecular complexity index is 371. The van der Waals surface area contributed by atoms with Crippen molar-refractivity contribution in [2.24, 2.45) is 5.92 Å². The lowest BCUT2D eigenvalue weighted by atomic mass is 9.95. The van der Waals surface area contributed by atoms with Gasteiger partial charge in [-0.2, -0.15) is 0 Å². The zero-order chi connectivity index (χ0) is 15.7. The van der Waals surface area contributed by atoms with Crippen molar-refractivity contribution in [3.63, 3.8) is 0 Å². The maximum absolute atomic E-state index is 11.8. The molecule has 0 aromatic rings. The summed E-state index contributed by atoms with van der Waals surface area (Å²) in [6, 6.07) is -0.617. The number of aliphatic carboxylic acids is 1. The van der Waals surface area contributed by atoms with E-state index in [9.17, 15) is 14.7 Å². The Morgan fingerprint density at radius 1 is 1.29 bits per heavy atom. The Morgan fingerprint density at radius 3 is 2.67 bits per heavy atom. The molecule has 0 saturated heterocycles. The van der Waals surface area contributed by atoms with Crippen LogP contribution >= 0.6 is 0 Å². The standard InChI is InChI=1S/C15H26N2O4/c1-11(2)10-21-9-8-16-15(20)17-13-7-5-3-4-6-12(13)14(18)19/h12-13H,1,3-10H2,2H3,(H,18,19)(H2,16,17,20). The molecular formula is C15H26N2O4. The Hall–Kier alpha value is -1.56. The predicted molar refractivity (Wildman–Crippen MR) is 80.2 cm³/mol. The molecule has 1 aliphatic rings. The summed E-state index contributed by atoms with van der Waals surface area (Å²) in [5.74, 6) is -1.31. The molecule has 0 aromatic heterocycles. The number of carboxylic acid groups (broad SMARTS) is 1. The number of carboxylic acids is 1. The van der Waals surface area contributed by atoms with Crippen LogP contribution in [0.25, 0.3) is 0 Å². The molecule has 1 aliphatic carbocycles. The summed E-state index contributed by atoms with van der Waals surface area (Å²) in [6.07, 6.45) is 4.23. The minimum absolute atomic E-state index is 0.290. The lowest BCUT2D eigenvalue weighted by molar-refractivity contribution is -0.142. The quantitative estimate of drug-likeness (QED) is 0.380. The number of carbonyl (C=O) groups is 2. The summed E-state index contributed by atoms with van der Waals surface area (Å²) in [5.41, 5.74) is 0.933. The van der Waals surface area contributed by atoms with E-state index in [-0.39, 0.29) is 12.1 Å². The molecule has 0 heterocycles. The van der Waals surface area contributed by atoms with Gasteiger partial charge >= 0.3 is 12.0 Å². The minimum Gasteiger partial charge on any atom is -0.481 e. The van der Waals surface area contributed by atoms with Crippen molar-refractivity contribution in [2.75, 3.05) is 19.8 Å². The predicted octanol–water partition coefficient (Wildman–Crippen LogP) is 1.91. The Kier molecular flexibility index (Phi) is 7.82. The van der Waals surface area contributed by atoms with Crippen molar-refractivity contribution in [3.8, 4) is 0 Å². The maximum atomic E-state index is 11.8. The van der Waals surface area contributed by atoms with E-state index in [1.165, 1.54) is 0 Å². The van der Waals surface area contributed by atoms with E-state index < -0.39 is 11.9 Å². The molecule has 2 unspecified atom stereocenters. The molecule has 120 valence electrons. The third-order valence-electron chi connectivity index (χ3n) is 3.53. The van der Waals surface area contributed by atoms with Crippen LogP contribution in [0.4, 0.5) is 4.79 Å². The average molecular weight is 298 g/mol. The maximum Gasteiger partial charge on any atom is 0.315 e. The lowest BCUT2D eigenvalue weighted by Gasteiger charge is -2.23. The summed E-state index contributed by atoms with van der Waals surface area (Å²) >= 11 is 0. The Morgan fingerprint density at radius 2 is 2.00 bits per heavy atom. The highest BCUT2D eigenvalue weighted by atomic mass is 16.5. The monoisotopic (exact) mass is 298 g/mol. The normalized spacial score (nSPS) is 22.1. The Balaban J connectivity index is 2.30. The summed E-state index contributed by atoms with van der Waals surface area (Å²) in [7, 11) is 0. The molecule has 1 rings (SSSR count). The van der Waals surface area contributed by atoms with Gasteiger partial charge in [-0.15, -0.1) is 0 Å². The molecular weight excluding hydrogens is 272 g/mol. The van der Waals surface area contributed by atoms with Crippen molar-refractivity contribution in [3.05, 3.63) is 12.2 Å². The first-order valence-corrected chi connectivity index (χ1v) is 7.50. The average Bonchev–Trinajstić information content (AvgIpc) is 2.63. The van der Waals surface area contributed by atoms with Crippen LogP contribution in [0, 0.1) is 5.92 Å². The fourth-order valence-corrected chi connectivity index (χ4v) is 2.48. The highest BCUT2D eigenvalue weighted by molar-refractivity contribution is 5.76. The number of urea groups is 1. The number of rotatable bonds is 7. The highest BCUT2D eigenvalue weighted by Crippen LogP contribution is 2.23. The first-order chi connectivity index (χ1) is 10.0. The van der Waals surface area contributed by atoms with Gasteiger partial charge in [0.2, 0.25) is 0 Å². The highest BCUT2D eigenvalue weighted by Gasteiger charge is 2.30. The molecule has 3 N–H and O–H groups in total. The largest absolute Gasteiger partial charge is 0.481 e. The van der Waals surface area contributed by atoms with Gasteiger partial charge in [-0.25, -0.2) is 4.79 Å². The molecule has 0 spiro atoms. The Labute approximate surface area is 125 Å². The van der Waals surface area contributed by atoms with Gasteiger partial charge in [-0.1, -0.05) is 31.4 Å². The fraction of sp³-hybridized carbons (Fsp3) is 0.733. The number of amides is 2. The van der Waals surface area contributed by atoms with E-state index in [4.69, 9.17) is 4.74 Å². The van der Waals surface area contributed by atoms with E-state index in [2.05, 4.69) is 17.2 Å². The third kappa shape index (κ3) is 7.13. The van der Waals surface area contributed by atoms with Crippen molar-refractivity contribution < 1.29 is 19.4 Å². The summed E-state index contributed by atoms with van der Waals surface area (Å²) in [5, 5.41) is 14.7. The van der Waals surface area contributed by atoms with Crippen molar-refractivity contribution >= 4 is 12.0 Å². The number of hydrogen-bond acceptors (Lipinski definition) is 3. The van der Waals surface area contributed by atoms with Gasteiger partial charge in [0, 0.05) is 12.6 Å². The van der Waals surface area contributed by atoms with E-state index in [1.807, 2.05) is 6.92 Å². The van der Waals surface area contributed by atoms with Gasteiger partial charge in [0.05, 0.1) is 19.1 Å². The molecule has 0 aliphatic heterocycles. The van der Waals surface area contributed by atoms with Crippen LogP contribution in [-0.4, -0.2) is 42.9 Å². The van der Waals surface area contributed by atoms with Gasteiger partial charge in [0.15, 0.2) is 0 Å². The zero-order valence-electron chi connectivity index (χ0n) is 12.7. The SMILES string of the molecule is C=C(C)COCCNC(=O)NC1CCCCCC1C(=O)O. The fourth-order valence-electron chi connectivity index (χ4n) is 2.48. The molecule has 2 amide bonds. The van der Waals surface area contributed by atoms with Crippen molar-refractivity contribution in [1.82, 2.24) is 10.6 Å². The summed E-state index contributed by atoms with van der Waals surface area (Å²) in [6.45, 7) is 6.87. The molecule has 0 radical (unpaired) electrons. The topological polar surface area (TPSA) is 87.7 Å². The minimum atomic E-state index is -0.827. The smallest absolute Gasteiger partial charge is 0.315 e. The molecule has 0 aromatic carbocycles. The first-order valence-electron chi connectivity index (χ1n) is 7.50. The van der Waals surface area contributed by atoms with Crippen LogP contribution < -0.4 is 10.6 Å². The van der Waals surface area contributed by atoms with E-state index >= 15 is 0 Å². The van der Waals surface area contributed by atoms with Crippen LogP contribution in [0.5, 0.6) is 0 Å². The van der Waals surface area contributed by atoms with E-state index in [1.54, 1.807) is 0 Å². The van der Waals surface area contributed by atoms with Crippen LogP contribution in [-0.2, 0) is 9.53 Å². The number of nitrogens with one attached hydrogen (secondary N) is 2. The second-order valence-electron chi connectivity index (χ2n) is 5.60. The summed E-state index contributed by atoms with van der Waals surface area (Å²) in [4.78, 5) is 23.1. The van der Waals surface area contributed by atoms with Gasteiger partial charge in [0.25, 0.3) is 0 Å².